The first kappa shape index (κ1) is 9.83. The molecule has 3 rings (SSSR count). The van der Waals surface area contributed by atoms with Crippen molar-refractivity contribution in [3.8, 4) is 5.95 Å². The summed E-state index contributed by atoms with van der Waals surface area (Å²) in [4.78, 5) is 12.7. The Morgan fingerprint density at radius 3 is 2.65 bits per heavy atom. The predicted molar refractivity (Wildman–Crippen MR) is 61.7 cm³/mol. The van der Waals surface area contributed by atoms with E-state index >= 15 is 0 Å². The third kappa shape index (κ3) is 1.63. The van der Waals surface area contributed by atoms with E-state index in [0.29, 0.717) is 5.95 Å². The Labute approximate surface area is 97.4 Å². The van der Waals surface area contributed by atoms with Gasteiger partial charge in [-0.1, -0.05) is 5.21 Å². The fourth-order valence-electron chi connectivity index (χ4n) is 1.73. The fourth-order valence-corrected chi connectivity index (χ4v) is 1.73. The molecule has 3 aromatic heterocycles. The van der Waals surface area contributed by atoms with Crippen molar-refractivity contribution >= 4 is 11.0 Å². The largest absolute Gasteiger partial charge is 0.262 e. The molecule has 0 amide bonds. The Morgan fingerprint density at radius 2 is 1.88 bits per heavy atom. The first-order chi connectivity index (χ1) is 8.24. The van der Waals surface area contributed by atoms with Gasteiger partial charge in [0.1, 0.15) is 11.0 Å². The van der Waals surface area contributed by atoms with E-state index in [-0.39, 0.29) is 0 Å². The minimum atomic E-state index is 0.538. The third-order valence-corrected chi connectivity index (χ3v) is 2.41. The quantitative estimate of drug-likeness (QED) is 0.624. The second-order valence-corrected chi connectivity index (χ2v) is 3.82. The molecule has 0 aliphatic rings. The number of fused-ring (bicyclic) bond motifs is 1. The van der Waals surface area contributed by atoms with Crippen molar-refractivity contribution in [2.75, 3.05) is 0 Å². The zero-order valence-corrected chi connectivity index (χ0v) is 9.49. The minimum absolute atomic E-state index is 0.538. The van der Waals surface area contributed by atoms with E-state index in [0.717, 1.165) is 22.4 Å². The summed E-state index contributed by atoms with van der Waals surface area (Å²) in [5.74, 6) is 0.538. The van der Waals surface area contributed by atoms with Crippen molar-refractivity contribution in [3.05, 3.63) is 35.9 Å². The van der Waals surface area contributed by atoms with Gasteiger partial charge in [-0.25, -0.2) is 9.97 Å². The van der Waals surface area contributed by atoms with Crippen molar-refractivity contribution in [3.63, 3.8) is 0 Å². The molecule has 0 unspecified atom stereocenters. The van der Waals surface area contributed by atoms with Crippen LogP contribution in [0, 0.1) is 13.8 Å². The molecule has 0 saturated heterocycles. The molecule has 0 aliphatic heterocycles. The lowest BCUT2D eigenvalue weighted by atomic mass is 10.3. The van der Waals surface area contributed by atoms with Crippen molar-refractivity contribution in [2.24, 2.45) is 0 Å². The van der Waals surface area contributed by atoms with Crippen LogP contribution in [0.4, 0.5) is 0 Å². The standard InChI is InChI=1S/C11H10N6/c1-7-5-8(2)14-11(13-7)17-10-3-4-12-6-9(10)15-16-17/h3-6H,1-2H3. The summed E-state index contributed by atoms with van der Waals surface area (Å²) >= 11 is 0. The molecule has 0 aliphatic carbocycles. The maximum atomic E-state index is 4.36. The van der Waals surface area contributed by atoms with Gasteiger partial charge in [-0.3, -0.25) is 4.98 Å². The summed E-state index contributed by atoms with van der Waals surface area (Å²) in [5, 5.41) is 8.07. The van der Waals surface area contributed by atoms with Gasteiger partial charge in [0.25, 0.3) is 5.95 Å². The molecule has 17 heavy (non-hydrogen) atoms. The maximum absolute atomic E-state index is 4.36. The zero-order valence-electron chi connectivity index (χ0n) is 9.49. The highest BCUT2D eigenvalue weighted by Gasteiger charge is 2.09. The fraction of sp³-hybridized carbons (Fsp3) is 0.182. The lowest BCUT2D eigenvalue weighted by molar-refractivity contribution is 0.764. The summed E-state index contributed by atoms with van der Waals surface area (Å²) in [6, 6.07) is 3.76. The average Bonchev–Trinajstić information content (AvgIpc) is 2.71. The van der Waals surface area contributed by atoms with Gasteiger partial charge in [-0.05, 0) is 26.0 Å². The summed E-state index contributed by atoms with van der Waals surface area (Å²) in [7, 11) is 0. The Bertz CT molecular complexity index is 667. The molecule has 0 saturated carbocycles. The van der Waals surface area contributed by atoms with Crippen LogP contribution >= 0.6 is 0 Å². The van der Waals surface area contributed by atoms with Crippen LogP contribution in [0.2, 0.25) is 0 Å². The van der Waals surface area contributed by atoms with E-state index in [1.54, 1.807) is 17.1 Å². The number of pyridine rings is 1. The normalized spacial score (nSPS) is 10.9. The van der Waals surface area contributed by atoms with Crippen LogP contribution < -0.4 is 0 Å². The van der Waals surface area contributed by atoms with Crippen LogP contribution in [0.1, 0.15) is 11.4 Å². The Balaban J connectivity index is 2.27. The number of rotatable bonds is 1. The molecule has 3 aromatic rings. The van der Waals surface area contributed by atoms with Gasteiger partial charge in [-0.2, -0.15) is 4.68 Å². The molecule has 0 aromatic carbocycles. The number of hydrogen-bond acceptors (Lipinski definition) is 5. The summed E-state index contributed by atoms with van der Waals surface area (Å²) < 4.78 is 1.62. The van der Waals surface area contributed by atoms with Crippen LogP contribution in [0.3, 0.4) is 0 Å². The van der Waals surface area contributed by atoms with E-state index < -0.39 is 0 Å². The lowest BCUT2D eigenvalue weighted by Gasteiger charge is -2.02. The third-order valence-electron chi connectivity index (χ3n) is 2.41. The molecular formula is C11H10N6. The minimum Gasteiger partial charge on any atom is -0.262 e. The van der Waals surface area contributed by atoms with E-state index in [1.165, 1.54) is 0 Å². The van der Waals surface area contributed by atoms with Gasteiger partial charge in [0.05, 0.1) is 6.20 Å². The van der Waals surface area contributed by atoms with Crippen LogP contribution in [-0.4, -0.2) is 29.9 Å². The van der Waals surface area contributed by atoms with Crippen molar-refractivity contribution in [2.45, 2.75) is 13.8 Å². The molecule has 0 bridgehead atoms. The zero-order chi connectivity index (χ0) is 11.8. The first-order valence-electron chi connectivity index (χ1n) is 5.22. The Hall–Kier alpha value is -2.37. The van der Waals surface area contributed by atoms with Gasteiger partial charge < -0.3 is 0 Å². The molecule has 3 heterocycles. The molecule has 84 valence electrons. The average molecular weight is 226 g/mol. The van der Waals surface area contributed by atoms with Crippen LogP contribution in [0.5, 0.6) is 0 Å². The van der Waals surface area contributed by atoms with Gasteiger partial charge in [-0.15, -0.1) is 5.10 Å². The Morgan fingerprint density at radius 1 is 1.12 bits per heavy atom. The SMILES string of the molecule is Cc1cc(C)nc(-n2nnc3cnccc32)n1. The highest BCUT2D eigenvalue weighted by molar-refractivity contribution is 5.73. The van der Waals surface area contributed by atoms with E-state index in [1.807, 2.05) is 26.0 Å². The van der Waals surface area contributed by atoms with Crippen molar-refractivity contribution in [1.82, 2.24) is 29.9 Å². The van der Waals surface area contributed by atoms with Crippen LogP contribution in [-0.2, 0) is 0 Å². The highest BCUT2D eigenvalue weighted by Crippen LogP contribution is 2.12. The van der Waals surface area contributed by atoms with Gasteiger partial charge in [0.15, 0.2) is 0 Å². The number of nitrogens with zero attached hydrogens (tertiary/aromatic N) is 6. The molecule has 0 fully saturated rings. The predicted octanol–water partition coefficient (Wildman–Crippen LogP) is 1.22. The lowest BCUT2D eigenvalue weighted by Crippen LogP contribution is -2.05. The van der Waals surface area contributed by atoms with Crippen molar-refractivity contribution in [1.29, 1.82) is 0 Å². The topological polar surface area (TPSA) is 69.4 Å². The molecule has 0 spiro atoms. The number of hydrogen-bond donors (Lipinski definition) is 0. The van der Waals surface area contributed by atoms with Gasteiger partial charge in [0, 0.05) is 17.6 Å². The second-order valence-electron chi connectivity index (χ2n) is 3.82. The van der Waals surface area contributed by atoms with E-state index in [4.69, 9.17) is 0 Å². The molecule has 6 nitrogen and oxygen atoms in total. The van der Waals surface area contributed by atoms with E-state index in [9.17, 15) is 0 Å². The molecule has 0 N–H and O–H groups in total. The summed E-state index contributed by atoms with van der Waals surface area (Å²) in [6.07, 6.45) is 3.37. The maximum Gasteiger partial charge on any atom is 0.253 e. The van der Waals surface area contributed by atoms with Crippen LogP contribution in [0.25, 0.3) is 17.0 Å². The summed E-state index contributed by atoms with van der Waals surface area (Å²) in [6.45, 7) is 3.86. The van der Waals surface area contributed by atoms with Gasteiger partial charge in [0.2, 0.25) is 0 Å². The Kier molecular flexibility index (Phi) is 2.07. The van der Waals surface area contributed by atoms with E-state index in [2.05, 4.69) is 25.3 Å². The molecule has 0 radical (unpaired) electrons. The summed E-state index contributed by atoms with van der Waals surface area (Å²) in [5.41, 5.74) is 3.40. The molecular weight excluding hydrogens is 216 g/mol. The monoisotopic (exact) mass is 226 g/mol. The smallest absolute Gasteiger partial charge is 0.253 e. The first-order valence-corrected chi connectivity index (χ1v) is 5.22. The highest BCUT2D eigenvalue weighted by atomic mass is 15.5. The van der Waals surface area contributed by atoms with Crippen molar-refractivity contribution < 1.29 is 0 Å². The van der Waals surface area contributed by atoms with Crippen LogP contribution in [0.15, 0.2) is 24.5 Å². The molecule has 0 atom stereocenters. The number of aromatic nitrogens is 6. The molecule has 6 heteroatoms. The number of aryl methyl sites for hydroxylation is 2. The second kappa shape index (κ2) is 3.58. The van der Waals surface area contributed by atoms with Gasteiger partial charge >= 0.3 is 0 Å².